The molecule has 3 aromatic rings. The van der Waals surface area contributed by atoms with E-state index in [1.54, 1.807) is 7.11 Å². The first-order valence-corrected chi connectivity index (χ1v) is 6.95. The highest BCUT2D eigenvalue weighted by Crippen LogP contribution is 2.26. The number of ether oxygens (including phenoxy) is 1. The Morgan fingerprint density at radius 2 is 1.76 bits per heavy atom. The number of hydrogen-bond acceptors (Lipinski definition) is 2. The SMILES string of the molecule is COc1cccc2c(C)cc(/C=C/c3ccccc3)nc12. The van der Waals surface area contributed by atoms with E-state index in [2.05, 4.69) is 37.3 Å². The van der Waals surface area contributed by atoms with Gasteiger partial charge in [0.25, 0.3) is 0 Å². The second-order valence-electron chi connectivity index (χ2n) is 4.96. The van der Waals surface area contributed by atoms with Crippen molar-refractivity contribution >= 4 is 23.1 Å². The number of methoxy groups -OCH3 is 1. The fourth-order valence-electron chi connectivity index (χ4n) is 2.41. The van der Waals surface area contributed by atoms with Crippen LogP contribution in [0.3, 0.4) is 0 Å². The molecule has 3 rings (SSSR count). The Morgan fingerprint density at radius 3 is 2.52 bits per heavy atom. The minimum absolute atomic E-state index is 0.811. The van der Waals surface area contributed by atoms with Crippen LogP contribution in [-0.4, -0.2) is 12.1 Å². The van der Waals surface area contributed by atoms with Crippen molar-refractivity contribution in [3.63, 3.8) is 0 Å². The van der Waals surface area contributed by atoms with Crippen molar-refractivity contribution in [2.45, 2.75) is 6.92 Å². The summed E-state index contributed by atoms with van der Waals surface area (Å²) in [4.78, 5) is 4.71. The zero-order valence-electron chi connectivity index (χ0n) is 12.2. The quantitative estimate of drug-likeness (QED) is 0.690. The summed E-state index contributed by atoms with van der Waals surface area (Å²) in [7, 11) is 1.68. The van der Waals surface area contributed by atoms with Crippen molar-refractivity contribution in [2.75, 3.05) is 7.11 Å². The van der Waals surface area contributed by atoms with Gasteiger partial charge >= 0.3 is 0 Å². The van der Waals surface area contributed by atoms with E-state index in [-0.39, 0.29) is 0 Å². The highest BCUT2D eigenvalue weighted by molar-refractivity contribution is 5.88. The Kier molecular flexibility index (Phi) is 3.69. The topological polar surface area (TPSA) is 22.1 Å². The average molecular weight is 275 g/mol. The minimum atomic E-state index is 0.811. The van der Waals surface area contributed by atoms with Gasteiger partial charge in [0.15, 0.2) is 0 Å². The van der Waals surface area contributed by atoms with Crippen molar-refractivity contribution in [1.29, 1.82) is 0 Å². The highest BCUT2D eigenvalue weighted by atomic mass is 16.5. The van der Waals surface area contributed by atoms with E-state index >= 15 is 0 Å². The van der Waals surface area contributed by atoms with Gasteiger partial charge in [-0.15, -0.1) is 0 Å². The normalized spacial score (nSPS) is 11.1. The van der Waals surface area contributed by atoms with Crippen LogP contribution < -0.4 is 4.74 Å². The van der Waals surface area contributed by atoms with E-state index in [1.807, 2.05) is 36.4 Å². The van der Waals surface area contributed by atoms with Crippen molar-refractivity contribution in [1.82, 2.24) is 4.98 Å². The van der Waals surface area contributed by atoms with Crippen LogP contribution in [0, 0.1) is 6.92 Å². The maximum atomic E-state index is 5.41. The van der Waals surface area contributed by atoms with Gasteiger partial charge in [0.05, 0.1) is 12.8 Å². The lowest BCUT2D eigenvalue weighted by molar-refractivity contribution is 0.419. The van der Waals surface area contributed by atoms with Crippen molar-refractivity contribution in [2.24, 2.45) is 0 Å². The zero-order valence-corrected chi connectivity index (χ0v) is 12.2. The lowest BCUT2D eigenvalue weighted by Gasteiger charge is -2.08. The van der Waals surface area contributed by atoms with Crippen LogP contribution in [0.2, 0.25) is 0 Å². The molecule has 0 radical (unpaired) electrons. The molecule has 0 spiro atoms. The molecule has 0 aliphatic heterocycles. The largest absolute Gasteiger partial charge is 0.494 e. The van der Waals surface area contributed by atoms with Gasteiger partial charge in [0.2, 0.25) is 0 Å². The molecule has 2 nitrogen and oxygen atoms in total. The third kappa shape index (κ3) is 2.79. The first kappa shape index (κ1) is 13.4. The molecule has 0 aliphatic carbocycles. The number of hydrogen-bond donors (Lipinski definition) is 0. The van der Waals surface area contributed by atoms with Gasteiger partial charge in [-0.3, -0.25) is 0 Å². The fraction of sp³-hybridized carbons (Fsp3) is 0.105. The summed E-state index contributed by atoms with van der Waals surface area (Å²) in [5, 5.41) is 1.13. The van der Waals surface area contributed by atoms with Gasteiger partial charge < -0.3 is 4.74 Å². The second-order valence-corrected chi connectivity index (χ2v) is 4.96. The van der Waals surface area contributed by atoms with Crippen LogP contribution >= 0.6 is 0 Å². The van der Waals surface area contributed by atoms with Gasteiger partial charge in [-0.1, -0.05) is 48.5 Å². The smallest absolute Gasteiger partial charge is 0.145 e. The monoisotopic (exact) mass is 275 g/mol. The summed E-state index contributed by atoms with van der Waals surface area (Å²) in [5.74, 6) is 0.811. The summed E-state index contributed by atoms with van der Waals surface area (Å²) >= 11 is 0. The van der Waals surface area contributed by atoms with Crippen LogP contribution in [-0.2, 0) is 0 Å². The molecule has 1 heterocycles. The molecule has 0 aliphatic rings. The number of para-hydroxylation sites is 1. The summed E-state index contributed by atoms with van der Waals surface area (Å²) < 4.78 is 5.41. The van der Waals surface area contributed by atoms with E-state index < -0.39 is 0 Å². The molecular formula is C19H17NO. The number of aryl methyl sites for hydroxylation is 1. The Morgan fingerprint density at radius 1 is 0.952 bits per heavy atom. The van der Waals surface area contributed by atoms with Gasteiger partial charge in [-0.25, -0.2) is 4.98 Å². The highest BCUT2D eigenvalue weighted by Gasteiger charge is 2.06. The fourth-order valence-corrected chi connectivity index (χ4v) is 2.41. The van der Waals surface area contributed by atoms with Crippen LogP contribution in [0.1, 0.15) is 16.8 Å². The number of pyridine rings is 1. The molecule has 0 atom stereocenters. The molecule has 0 N–H and O–H groups in total. The number of rotatable bonds is 3. The van der Waals surface area contributed by atoms with Crippen molar-refractivity contribution in [3.8, 4) is 5.75 Å². The number of nitrogens with zero attached hydrogens (tertiary/aromatic N) is 1. The van der Waals surface area contributed by atoms with Gasteiger partial charge in [-0.05, 0) is 36.3 Å². The number of fused-ring (bicyclic) bond motifs is 1. The number of aromatic nitrogens is 1. The Bertz CT molecular complexity index is 791. The number of benzene rings is 2. The predicted molar refractivity (Wildman–Crippen MR) is 88.4 cm³/mol. The van der Waals surface area contributed by atoms with Crippen molar-refractivity contribution in [3.05, 3.63) is 71.4 Å². The summed E-state index contributed by atoms with van der Waals surface area (Å²) in [6.07, 6.45) is 4.11. The molecule has 104 valence electrons. The third-order valence-corrected chi connectivity index (χ3v) is 3.50. The minimum Gasteiger partial charge on any atom is -0.494 e. The average Bonchev–Trinajstić information content (AvgIpc) is 2.53. The van der Waals surface area contributed by atoms with Gasteiger partial charge in [-0.2, -0.15) is 0 Å². The molecule has 21 heavy (non-hydrogen) atoms. The van der Waals surface area contributed by atoms with Crippen LogP contribution in [0.4, 0.5) is 0 Å². The summed E-state index contributed by atoms with van der Waals surface area (Å²) in [5.41, 5.74) is 4.21. The molecule has 0 saturated carbocycles. The lowest BCUT2D eigenvalue weighted by atomic mass is 10.1. The Balaban J connectivity index is 2.06. The third-order valence-electron chi connectivity index (χ3n) is 3.50. The van der Waals surface area contributed by atoms with E-state index in [0.717, 1.165) is 27.9 Å². The van der Waals surface area contributed by atoms with Crippen LogP contribution in [0.5, 0.6) is 5.75 Å². The lowest BCUT2D eigenvalue weighted by Crippen LogP contribution is -1.91. The second kappa shape index (κ2) is 5.80. The van der Waals surface area contributed by atoms with Gasteiger partial charge in [0.1, 0.15) is 11.3 Å². The van der Waals surface area contributed by atoms with E-state index in [4.69, 9.17) is 9.72 Å². The molecule has 0 amide bonds. The van der Waals surface area contributed by atoms with E-state index in [0.29, 0.717) is 0 Å². The molecule has 0 saturated heterocycles. The molecule has 2 aromatic carbocycles. The van der Waals surface area contributed by atoms with E-state index in [1.165, 1.54) is 5.56 Å². The Hall–Kier alpha value is -2.61. The first-order valence-electron chi connectivity index (χ1n) is 6.95. The standard InChI is InChI=1S/C19H17NO/c1-14-13-16(12-11-15-7-4-3-5-8-15)20-19-17(14)9-6-10-18(19)21-2/h3-13H,1-2H3/b12-11+. The maximum Gasteiger partial charge on any atom is 0.145 e. The molecule has 0 unspecified atom stereocenters. The molecule has 0 bridgehead atoms. The zero-order chi connectivity index (χ0) is 14.7. The molecular weight excluding hydrogens is 258 g/mol. The molecule has 0 fully saturated rings. The maximum absolute atomic E-state index is 5.41. The van der Waals surface area contributed by atoms with Crippen LogP contribution in [0.15, 0.2) is 54.6 Å². The Labute approximate surface area is 124 Å². The summed E-state index contributed by atoms with van der Waals surface area (Å²) in [6, 6.07) is 18.3. The first-order chi connectivity index (χ1) is 10.3. The molecule has 1 aromatic heterocycles. The summed E-state index contributed by atoms with van der Waals surface area (Å²) in [6.45, 7) is 2.10. The molecule has 2 heteroatoms. The van der Waals surface area contributed by atoms with Crippen molar-refractivity contribution < 1.29 is 4.74 Å². The van der Waals surface area contributed by atoms with Gasteiger partial charge in [0, 0.05) is 5.39 Å². The predicted octanol–water partition coefficient (Wildman–Crippen LogP) is 4.72. The van der Waals surface area contributed by atoms with Crippen LogP contribution in [0.25, 0.3) is 23.1 Å². The van der Waals surface area contributed by atoms with E-state index in [9.17, 15) is 0 Å².